The Morgan fingerprint density at radius 3 is 2.27 bits per heavy atom. The molecule has 0 bridgehead atoms. The lowest BCUT2D eigenvalue weighted by molar-refractivity contribution is -0.156. The van der Waals surface area contributed by atoms with Gasteiger partial charge in [0.15, 0.2) is 0 Å². The molecule has 2 aromatic rings. The fourth-order valence-corrected chi connectivity index (χ4v) is 3.13. The molecule has 158 valence electrons. The molecule has 9 heteroatoms. The van der Waals surface area contributed by atoms with Crippen LogP contribution in [-0.2, 0) is 22.3 Å². The summed E-state index contributed by atoms with van der Waals surface area (Å²) >= 11 is 0. The quantitative estimate of drug-likeness (QED) is 0.757. The molecule has 0 aliphatic carbocycles. The number of nitrogens with one attached hydrogen (secondary N) is 1. The molecule has 1 N–H and O–H groups in total. The number of halogens is 3. The number of hydrogen-bond donors (Lipinski definition) is 1. The molecular formula is C21H20F3N3O3. The first kappa shape index (κ1) is 21.4. The zero-order valence-corrected chi connectivity index (χ0v) is 16.2. The van der Waals surface area contributed by atoms with Crippen molar-refractivity contribution < 1.29 is 27.6 Å². The summed E-state index contributed by atoms with van der Waals surface area (Å²) in [6, 6.07) is 10.7. The Hall–Kier alpha value is -3.36. The summed E-state index contributed by atoms with van der Waals surface area (Å²) in [5, 5.41) is 2.44. The van der Waals surface area contributed by atoms with Gasteiger partial charge in [0, 0.05) is 37.4 Å². The minimum Gasteiger partial charge on any atom is -0.333 e. The van der Waals surface area contributed by atoms with E-state index in [1.54, 1.807) is 12.1 Å². The van der Waals surface area contributed by atoms with Crippen LogP contribution < -0.4 is 5.32 Å². The van der Waals surface area contributed by atoms with Crippen molar-refractivity contribution in [3.05, 3.63) is 65.2 Å². The fourth-order valence-electron chi connectivity index (χ4n) is 3.13. The van der Waals surface area contributed by atoms with Crippen molar-refractivity contribution in [3.63, 3.8) is 0 Å². The van der Waals surface area contributed by atoms with Crippen molar-refractivity contribution in [2.24, 2.45) is 0 Å². The lowest BCUT2D eigenvalue weighted by Crippen LogP contribution is -2.53. The van der Waals surface area contributed by atoms with E-state index in [9.17, 15) is 27.6 Å². The Morgan fingerprint density at radius 2 is 1.63 bits per heavy atom. The van der Waals surface area contributed by atoms with E-state index >= 15 is 0 Å². The normalized spacial score (nSPS) is 14.8. The van der Waals surface area contributed by atoms with Gasteiger partial charge in [-0.3, -0.25) is 14.4 Å². The molecule has 0 atom stereocenters. The van der Waals surface area contributed by atoms with E-state index in [1.165, 1.54) is 34.1 Å². The van der Waals surface area contributed by atoms with Crippen LogP contribution in [0.25, 0.3) is 0 Å². The summed E-state index contributed by atoms with van der Waals surface area (Å²) in [5.41, 5.74) is 0.181. The average Bonchev–Trinajstić information content (AvgIpc) is 2.72. The van der Waals surface area contributed by atoms with Gasteiger partial charge in [-0.15, -0.1) is 0 Å². The maximum atomic E-state index is 12.8. The second-order valence-corrected chi connectivity index (χ2v) is 6.84. The topological polar surface area (TPSA) is 69.7 Å². The van der Waals surface area contributed by atoms with Crippen LogP contribution in [0.4, 0.5) is 18.9 Å². The lowest BCUT2D eigenvalue weighted by atomic mass is 10.1. The van der Waals surface area contributed by atoms with Crippen molar-refractivity contribution in [2.45, 2.75) is 19.6 Å². The van der Waals surface area contributed by atoms with Crippen molar-refractivity contribution in [2.75, 3.05) is 25.0 Å². The molecule has 0 unspecified atom stereocenters. The number of benzene rings is 2. The van der Waals surface area contributed by atoms with E-state index < -0.39 is 29.5 Å². The number of rotatable bonds is 5. The minimum atomic E-state index is -4.50. The van der Waals surface area contributed by atoms with Gasteiger partial charge in [-0.1, -0.05) is 18.2 Å². The van der Waals surface area contributed by atoms with Crippen LogP contribution in [0.15, 0.2) is 48.5 Å². The third-order valence-electron chi connectivity index (χ3n) is 4.82. The Labute approximate surface area is 171 Å². The van der Waals surface area contributed by atoms with E-state index in [4.69, 9.17) is 0 Å². The maximum absolute atomic E-state index is 12.8. The fraction of sp³-hybridized carbons (Fsp3) is 0.286. The summed E-state index contributed by atoms with van der Waals surface area (Å²) in [6.07, 6.45) is -4.50. The Balaban J connectivity index is 1.64. The highest BCUT2D eigenvalue weighted by Crippen LogP contribution is 2.30. The third kappa shape index (κ3) is 4.79. The predicted molar refractivity (Wildman–Crippen MR) is 104 cm³/mol. The van der Waals surface area contributed by atoms with Crippen molar-refractivity contribution in [1.29, 1.82) is 0 Å². The first-order valence-electron chi connectivity index (χ1n) is 9.34. The van der Waals surface area contributed by atoms with Crippen LogP contribution in [0.5, 0.6) is 0 Å². The highest BCUT2D eigenvalue weighted by atomic mass is 19.4. The van der Waals surface area contributed by atoms with Gasteiger partial charge < -0.3 is 15.1 Å². The van der Waals surface area contributed by atoms with E-state index in [0.717, 1.165) is 17.7 Å². The Kier molecular flexibility index (Phi) is 6.09. The van der Waals surface area contributed by atoms with Gasteiger partial charge in [-0.05, 0) is 42.8 Å². The number of anilines is 1. The zero-order valence-electron chi connectivity index (χ0n) is 16.2. The summed E-state index contributed by atoms with van der Waals surface area (Å²) in [4.78, 5) is 39.4. The van der Waals surface area contributed by atoms with Crippen LogP contribution in [0.2, 0.25) is 0 Å². The number of nitrogens with zero attached hydrogens (tertiary/aromatic N) is 2. The van der Waals surface area contributed by atoms with Gasteiger partial charge >= 0.3 is 18.0 Å². The number of carbonyl (C=O) groups is 3. The number of alkyl halides is 3. The second kappa shape index (κ2) is 8.56. The molecule has 2 aromatic carbocycles. The smallest absolute Gasteiger partial charge is 0.333 e. The predicted octanol–water partition coefficient (Wildman–Crippen LogP) is 3.15. The van der Waals surface area contributed by atoms with Gasteiger partial charge in [0.1, 0.15) is 0 Å². The molecule has 1 aliphatic rings. The van der Waals surface area contributed by atoms with Crippen LogP contribution in [0.3, 0.4) is 0 Å². The van der Waals surface area contributed by atoms with Crippen molar-refractivity contribution >= 4 is 23.4 Å². The molecular weight excluding hydrogens is 399 g/mol. The molecule has 3 rings (SSSR count). The van der Waals surface area contributed by atoms with E-state index in [2.05, 4.69) is 5.32 Å². The number of hydrogen-bond acceptors (Lipinski definition) is 3. The van der Waals surface area contributed by atoms with E-state index in [0.29, 0.717) is 19.6 Å². The molecule has 1 fully saturated rings. The van der Waals surface area contributed by atoms with Crippen molar-refractivity contribution in [1.82, 2.24) is 9.80 Å². The third-order valence-corrected chi connectivity index (χ3v) is 4.82. The SMILES string of the molecule is CCN1CCN(Cc2ccc(C(=O)Nc3cccc(C(F)(F)F)c3)cc2)C(=O)C1=O. The molecule has 6 nitrogen and oxygen atoms in total. The van der Waals surface area contributed by atoms with Gasteiger partial charge in [0.05, 0.1) is 5.56 Å². The molecule has 1 aliphatic heterocycles. The summed E-state index contributed by atoms with van der Waals surface area (Å²) in [6.45, 7) is 3.42. The molecule has 0 spiro atoms. The monoisotopic (exact) mass is 419 g/mol. The van der Waals surface area contributed by atoms with E-state index in [1.807, 2.05) is 6.92 Å². The maximum Gasteiger partial charge on any atom is 0.416 e. The second-order valence-electron chi connectivity index (χ2n) is 6.84. The van der Waals surface area contributed by atoms with Gasteiger partial charge in [-0.25, -0.2) is 0 Å². The van der Waals surface area contributed by atoms with Crippen molar-refractivity contribution in [3.8, 4) is 0 Å². The van der Waals surface area contributed by atoms with Crippen LogP contribution >= 0.6 is 0 Å². The largest absolute Gasteiger partial charge is 0.416 e. The molecule has 3 amide bonds. The molecule has 0 radical (unpaired) electrons. The number of piperazine rings is 1. The van der Waals surface area contributed by atoms with E-state index in [-0.39, 0.29) is 17.8 Å². The number of likely N-dealkylation sites (N-methyl/N-ethyl adjacent to an activating group) is 1. The Bertz CT molecular complexity index is 958. The standard InChI is InChI=1S/C21H20F3N3O3/c1-2-26-10-11-27(20(30)19(26)29)13-14-6-8-15(9-7-14)18(28)25-17-5-3-4-16(12-17)21(22,23)24/h3-9,12H,2,10-11,13H2,1H3,(H,25,28). The van der Waals surface area contributed by atoms with Gasteiger partial charge in [0.2, 0.25) is 0 Å². The summed E-state index contributed by atoms with van der Waals surface area (Å²) < 4.78 is 38.4. The highest BCUT2D eigenvalue weighted by Gasteiger charge is 2.32. The molecule has 1 saturated heterocycles. The molecule has 0 saturated carbocycles. The molecule has 30 heavy (non-hydrogen) atoms. The molecule has 0 aromatic heterocycles. The van der Waals surface area contributed by atoms with Gasteiger partial charge in [0.25, 0.3) is 5.91 Å². The summed E-state index contributed by atoms with van der Waals surface area (Å²) in [7, 11) is 0. The summed E-state index contributed by atoms with van der Waals surface area (Å²) in [5.74, 6) is -1.64. The average molecular weight is 419 g/mol. The van der Waals surface area contributed by atoms with Crippen LogP contribution in [-0.4, -0.2) is 47.2 Å². The lowest BCUT2D eigenvalue weighted by Gasteiger charge is -2.33. The first-order valence-corrected chi connectivity index (χ1v) is 9.34. The van der Waals surface area contributed by atoms with Gasteiger partial charge in [-0.2, -0.15) is 13.2 Å². The minimum absolute atomic E-state index is 0.0387. The first-order chi connectivity index (χ1) is 14.2. The molecule has 1 heterocycles. The zero-order chi connectivity index (χ0) is 21.9. The Morgan fingerprint density at radius 1 is 1.00 bits per heavy atom. The van der Waals surface area contributed by atoms with Crippen LogP contribution in [0.1, 0.15) is 28.4 Å². The number of carbonyl (C=O) groups excluding carboxylic acids is 3. The van der Waals surface area contributed by atoms with Crippen LogP contribution in [0, 0.1) is 0 Å². The number of amides is 3. The highest BCUT2D eigenvalue weighted by molar-refractivity contribution is 6.35.